The van der Waals surface area contributed by atoms with Crippen LogP contribution in [0.1, 0.15) is 24.0 Å². The van der Waals surface area contributed by atoms with Gasteiger partial charge in [0.15, 0.2) is 23.0 Å². The molecule has 0 spiro atoms. The molecule has 2 aromatic rings. The van der Waals surface area contributed by atoms with Crippen molar-refractivity contribution in [1.82, 2.24) is 5.32 Å². The maximum absolute atomic E-state index is 10.1. The summed E-state index contributed by atoms with van der Waals surface area (Å²) in [6.07, 6.45) is 5.09. The largest absolute Gasteiger partial charge is 0.504 e. The molecule has 2 rings (SSSR count). The minimum absolute atomic E-state index is 0.0859. The van der Waals surface area contributed by atoms with Gasteiger partial charge in [0.05, 0.1) is 14.2 Å². The fraction of sp³-hybridized carbons (Fsp3) is 0.364. The third-order valence-corrected chi connectivity index (χ3v) is 5.24. The summed E-state index contributed by atoms with van der Waals surface area (Å²) in [4.78, 5) is 8.73. The summed E-state index contributed by atoms with van der Waals surface area (Å²) in [5.41, 5.74) is 1.23. The third kappa shape index (κ3) is 8.16. The van der Waals surface area contributed by atoms with Crippen LogP contribution < -0.4 is 14.8 Å². The summed E-state index contributed by atoms with van der Waals surface area (Å²) in [5.74, 6) is 0.995. The predicted molar refractivity (Wildman–Crippen MR) is 132 cm³/mol. The lowest BCUT2D eigenvalue weighted by molar-refractivity contribution is 0.373. The Hall–Kier alpha value is -2.10. The molecule has 0 aliphatic carbocycles. The van der Waals surface area contributed by atoms with E-state index in [2.05, 4.69) is 47.2 Å². The minimum atomic E-state index is 0.0859. The molecule has 7 nitrogen and oxygen atoms in total. The predicted octanol–water partition coefficient (Wildman–Crippen LogP) is 4.55. The average molecular weight is 557 g/mol. The molecule has 0 aliphatic heterocycles. The highest BCUT2D eigenvalue weighted by Gasteiger charge is 2.08. The average Bonchev–Trinajstić information content (AvgIpc) is 2.75. The number of benzene rings is 2. The van der Waals surface area contributed by atoms with E-state index < -0.39 is 0 Å². The number of aromatic hydroxyl groups is 2. The van der Waals surface area contributed by atoms with Gasteiger partial charge in [-0.1, -0.05) is 31.9 Å². The van der Waals surface area contributed by atoms with Gasteiger partial charge in [-0.05, 0) is 50.2 Å². The second-order valence-electron chi connectivity index (χ2n) is 6.62. The molecule has 0 saturated carbocycles. The molecule has 0 aliphatic rings. The van der Waals surface area contributed by atoms with Crippen LogP contribution in [0.15, 0.2) is 43.2 Å². The molecule has 0 bridgehead atoms. The zero-order chi connectivity index (χ0) is 22.6. The van der Waals surface area contributed by atoms with Crippen molar-refractivity contribution >= 4 is 44.3 Å². The van der Waals surface area contributed by atoms with Gasteiger partial charge in [0.2, 0.25) is 0 Å². The number of rotatable bonds is 12. The van der Waals surface area contributed by atoms with Gasteiger partial charge in [-0.3, -0.25) is 9.98 Å². The number of hydrogen-bond acceptors (Lipinski definition) is 7. The first kappa shape index (κ1) is 25.2. The number of hydrogen-bond donors (Lipinski definition) is 3. The number of ether oxygens (including phenoxy) is 2. The van der Waals surface area contributed by atoms with Crippen LogP contribution in [-0.4, -0.2) is 63.0 Å². The number of methoxy groups -OCH3 is 2. The van der Waals surface area contributed by atoms with Crippen LogP contribution in [0.25, 0.3) is 0 Å². The van der Waals surface area contributed by atoms with E-state index in [9.17, 15) is 10.2 Å². The number of aliphatic imine (C=N–C) groups is 2. The second kappa shape index (κ2) is 13.3. The Morgan fingerprint density at radius 3 is 1.61 bits per heavy atom. The van der Waals surface area contributed by atoms with Crippen LogP contribution in [0.5, 0.6) is 23.0 Å². The summed E-state index contributed by atoms with van der Waals surface area (Å²) in [6, 6.07) is 7.01. The molecule has 0 radical (unpaired) electrons. The van der Waals surface area contributed by atoms with E-state index in [-0.39, 0.29) is 11.5 Å². The molecule has 3 N–H and O–H groups in total. The number of halogens is 2. The Kier molecular flexibility index (Phi) is 10.8. The van der Waals surface area contributed by atoms with Crippen molar-refractivity contribution in [2.45, 2.75) is 12.8 Å². The van der Waals surface area contributed by atoms with Crippen molar-refractivity contribution in [1.29, 1.82) is 0 Å². The molecule has 31 heavy (non-hydrogen) atoms. The second-order valence-corrected chi connectivity index (χ2v) is 8.45. The third-order valence-electron chi connectivity index (χ3n) is 4.32. The van der Waals surface area contributed by atoms with E-state index in [4.69, 9.17) is 9.47 Å². The lowest BCUT2D eigenvalue weighted by atomic mass is 10.2. The molecule has 9 heteroatoms. The fourth-order valence-corrected chi connectivity index (χ4v) is 3.65. The lowest BCUT2D eigenvalue weighted by Gasteiger charge is -2.07. The summed E-state index contributed by atoms with van der Waals surface area (Å²) in [5, 5.41) is 23.6. The first-order chi connectivity index (χ1) is 15.0. The van der Waals surface area contributed by atoms with Crippen LogP contribution >= 0.6 is 31.9 Å². The molecule has 0 atom stereocenters. The summed E-state index contributed by atoms with van der Waals surface area (Å²) >= 11 is 6.78. The van der Waals surface area contributed by atoms with Gasteiger partial charge in [-0.2, -0.15) is 0 Å². The van der Waals surface area contributed by atoms with Crippen molar-refractivity contribution in [2.75, 3.05) is 40.4 Å². The summed E-state index contributed by atoms with van der Waals surface area (Å²) in [6.45, 7) is 3.00. The smallest absolute Gasteiger partial charge is 0.166 e. The molecule has 2 aromatic carbocycles. The maximum Gasteiger partial charge on any atom is 0.166 e. The molecule has 0 aromatic heterocycles. The zero-order valence-electron chi connectivity index (χ0n) is 17.6. The van der Waals surface area contributed by atoms with Gasteiger partial charge >= 0.3 is 0 Å². The van der Waals surface area contributed by atoms with Crippen molar-refractivity contribution in [3.8, 4) is 23.0 Å². The topological polar surface area (TPSA) is 95.7 Å². The first-order valence-corrected chi connectivity index (χ1v) is 11.4. The molecule has 0 fully saturated rings. The standard InChI is InChI=1S/C22H27Br2N3O4/c1-30-19-11-17(23)9-15(21(19)28)13-26-7-3-5-25-6-4-8-27-14-16-10-18(24)12-20(31-2)22(16)29/h9-14,25,28-29H,3-8H2,1-2H3. The summed E-state index contributed by atoms with van der Waals surface area (Å²) < 4.78 is 11.9. The van der Waals surface area contributed by atoms with Crippen molar-refractivity contribution in [3.05, 3.63) is 44.3 Å². The number of nitrogens with one attached hydrogen (secondary N) is 1. The Morgan fingerprint density at radius 2 is 1.23 bits per heavy atom. The van der Waals surface area contributed by atoms with Gasteiger partial charge in [0.25, 0.3) is 0 Å². The highest BCUT2D eigenvalue weighted by molar-refractivity contribution is 9.10. The maximum atomic E-state index is 10.1. The quantitative estimate of drug-likeness (QED) is 0.263. The molecular formula is C22H27Br2N3O4. The normalized spacial score (nSPS) is 11.5. The van der Waals surface area contributed by atoms with E-state index in [1.165, 1.54) is 14.2 Å². The number of phenolic OH excluding ortho intramolecular Hbond substituents is 2. The molecule has 0 heterocycles. The van der Waals surface area contributed by atoms with Gasteiger partial charge < -0.3 is 25.0 Å². The molecular weight excluding hydrogens is 530 g/mol. The molecule has 0 saturated heterocycles. The Balaban J connectivity index is 1.63. The highest BCUT2D eigenvalue weighted by atomic mass is 79.9. The minimum Gasteiger partial charge on any atom is -0.504 e. The Morgan fingerprint density at radius 1 is 0.806 bits per heavy atom. The van der Waals surface area contributed by atoms with E-state index >= 15 is 0 Å². The fourth-order valence-electron chi connectivity index (χ4n) is 2.74. The van der Waals surface area contributed by atoms with Crippen molar-refractivity contribution in [2.24, 2.45) is 9.98 Å². The zero-order valence-corrected chi connectivity index (χ0v) is 20.7. The Labute approximate surface area is 199 Å². The molecule has 0 amide bonds. The lowest BCUT2D eigenvalue weighted by Crippen LogP contribution is -2.18. The summed E-state index contributed by atoms with van der Waals surface area (Å²) in [7, 11) is 3.03. The van der Waals surface area contributed by atoms with Crippen LogP contribution in [0, 0.1) is 0 Å². The molecule has 0 unspecified atom stereocenters. The van der Waals surface area contributed by atoms with Gasteiger partial charge in [-0.25, -0.2) is 0 Å². The van der Waals surface area contributed by atoms with Crippen LogP contribution in [0.3, 0.4) is 0 Å². The highest BCUT2D eigenvalue weighted by Crippen LogP contribution is 2.33. The van der Waals surface area contributed by atoms with Gasteiger partial charge in [0, 0.05) is 45.6 Å². The van der Waals surface area contributed by atoms with Gasteiger partial charge in [-0.15, -0.1) is 0 Å². The number of phenols is 2. The monoisotopic (exact) mass is 555 g/mol. The van der Waals surface area contributed by atoms with Crippen LogP contribution in [0.2, 0.25) is 0 Å². The SMILES string of the molecule is COc1cc(Br)cc(C=NCCCNCCCN=Cc2cc(Br)cc(OC)c2O)c1O. The van der Waals surface area contributed by atoms with Crippen molar-refractivity contribution < 1.29 is 19.7 Å². The van der Waals surface area contributed by atoms with Gasteiger partial charge in [0.1, 0.15) is 0 Å². The van der Waals surface area contributed by atoms with Crippen molar-refractivity contribution in [3.63, 3.8) is 0 Å². The van der Waals surface area contributed by atoms with Crippen LogP contribution in [0.4, 0.5) is 0 Å². The number of nitrogens with zero attached hydrogens (tertiary/aromatic N) is 2. The van der Waals surface area contributed by atoms with E-state index in [1.807, 2.05) is 0 Å². The molecule has 168 valence electrons. The Bertz CT molecular complexity index is 847. The van der Waals surface area contributed by atoms with E-state index in [0.29, 0.717) is 35.7 Å². The first-order valence-electron chi connectivity index (χ1n) is 9.79. The van der Waals surface area contributed by atoms with Crippen LogP contribution in [-0.2, 0) is 0 Å². The van der Waals surface area contributed by atoms with E-state index in [1.54, 1.807) is 36.7 Å². The van der Waals surface area contributed by atoms with E-state index in [0.717, 1.165) is 34.9 Å².